The molecule has 0 heterocycles. The summed E-state index contributed by atoms with van der Waals surface area (Å²) in [6.45, 7) is 0.423. The Morgan fingerprint density at radius 1 is 1.28 bits per heavy atom. The van der Waals surface area contributed by atoms with Gasteiger partial charge in [-0.3, -0.25) is 0 Å². The molecule has 0 atom stereocenters. The van der Waals surface area contributed by atoms with Gasteiger partial charge in [0.1, 0.15) is 0 Å². The standard InChI is InChI=1S/C12H14F3N3/c13-12(14,15)5-1-2-6-18-11-4-3-9(8-16)7-10(11)17/h3-4,7,18H,1-2,5-6,17H2. The van der Waals surface area contributed by atoms with Crippen molar-refractivity contribution in [3.8, 4) is 6.07 Å². The lowest BCUT2D eigenvalue weighted by atomic mass is 10.2. The lowest BCUT2D eigenvalue weighted by Crippen LogP contribution is -2.09. The molecule has 0 saturated heterocycles. The molecule has 1 aromatic carbocycles. The van der Waals surface area contributed by atoms with Crippen LogP contribution in [-0.2, 0) is 0 Å². The van der Waals surface area contributed by atoms with E-state index >= 15 is 0 Å². The first-order valence-corrected chi connectivity index (χ1v) is 5.52. The van der Waals surface area contributed by atoms with E-state index < -0.39 is 12.6 Å². The Hall–Kier alpha value is -1.90. The summed E-state index contributed by atoms with van der Waals surface area (Å²) in [7, 11) is 0. The minimum Gasteiger partial charge on any atom is -0.397 e. The minimum absolute atomic E-state index is 0.0900. The van der Waals surface area contributed by atoms with Gasteiger partial charge in [-0.15, -0.1) is 0 Å². The fourth-order valence-corrected chi connectivity index (χ4v) is 1.47. The summed E-state index contributed by atoms with van der Waals surface area (Å²) in [6, 6.07) is 6.74. The van der Waals surface area contributed by atoms with E-state index in [9.17, 15) is 13.2 Å². The Morgan fingerprint density at radius 3 is 2.56 bits per heavy atom. The summed E-state index contributed by atoms with van der Waals surface area (Å²) in [5.41, 5.74) is 7.20. The zero-order chi connectivity index (χ0) is 13.6. The molecule has 0 radical (unpaired) electrons. The van der Waals surface area contributed by atoms with E-state index in [4.69, 9.17) is 11.0 Å². The summed E-state index contributed by atoms with van der Waals surface area (Å²) < 4.78 is 35.6. The number of nitrogens with zero attached hydrogens (tertiary/aromatic N) is 1. The fraction of sp³-hybridized carbons (Fsp3) is 0.417. The maximum atomic E-state index is 11.9. The highest BCUT2D eigenvalue weighted by molar-refractivity contribution is 5.68. The number of nitrogens with two attached hydrogens (primary N) is 1. The Kier molecular flexibility index (Phi) is 4.84. The van der Waals surface area contributed by atoms with Crippen LogP contribution < -0.4 is 11.1 Å². The Labute approximate surface area is 103 Å². The molecule has 0 fully saturated rings. The second kappa shape index (κ2) is 6.15. The van der Waals surface area contributed by atoms with E-state index in [0.717, 1.165) is 0 Å². The SMILES string of the molecule is N#Cc1ccc(NCCCCC(F)(F)F)c(N)c1. The molecule has 1 aromatic rings. The van der Waals surface area contributed by atoms with Crippen LogP contribution in [0.2, 0.25) is 0 Å². The maximum Gasteiger partial charge on any atom is 0.389 e. The van der Waals surface area contributed by atoms with Crippen molar-refractivity contribution < 1.29 is 13.2 Å². The van der Waals surface area contributed by atoms with Gasteiger partial charge < -0.3 is 11.1 Å². The van der Waals surface area contributed by atoms with Gasteiger partial charge in [0.15, 0.2) is 0 Å². The topological polar surface area (TPSA) is 61.8 Å². The smallest absolute Gasteiger partial charge is 0.389 e. The summed E-state index contributed by atoms with van der Waals surface area (Å²) in [5, 5.41) is 11.6. The molecular weight excluding hydrogens is 243 g/mol. The van der Waals surface area contributed by atoms with E-state index in [1.54, 1.807) is 12.1 Å². The molecule has 1 rings (SSSR count). The van der Waals surface area contributed by atoms with E-state index in [-0.39, 0.29) is 6.42 Å². The van der Waals surface area contributed by atoms with E-state index in [1.807, 2.05) is 6.07 Å². The Morgan fingerprint density at radius 2 is 2.00 bits per heavy atom. The van der Waals surface area contributed by atoms with Crippen molar-refractivity contribution in [1.29, 1.82) is 5.26 Å². The summed E-state index contributed by atoms with van der Waals surface area (Å²) in [6.07, 6.45) is -4.35. The van der Waals surface area contributed by atoms with E-state index in [1.165, 1.54) is 6.07 Å². The molecule has 0 aliphatic rings. The number of unbranched alkanes of at least 4 members (excludes halogenated alkanes) is 1. The third-order valence-electron chi connectivity index (χ3n) is 2.38. The number of rotatable bonds is 5. The molecule has 3 nitrogen and oxygen atoms in total. The predicted octanol–water partition coefficient (Wildman–Crippen LogP) is 3.28. The van der Waals surface area contributed by atoms with Crippen molar-refractivity contribution in [3.05, 3.63) is 23.8 Å². The van der Waals surface area contributed by atoms with Crippen LogP contribution in [0.25, 0.3) is 0 Å². The van der Waals surface area contributed by atoms with Gasteiger partial charge in [0.05, 0.1) is 23.0 Å². The highest BCUT2D eigenvalue weighted by atomic mass is 19.4. The molecule has 0 aliphatic carbocycles. The van der Waals surface area contributed by atoms with Gasteiger partial charge in [0, 0.05) is 13.0 Å². The van der Waals surface area contributed by atoms with Gasteiger partial charge in [-0.05, 0) is 31.0 Å². The molecule has 0 saturated carbocycles. The van der Waals surface area contributed by atoms with E-state index in [2.05, 4.69) is 5.32 Å². The summed E-state index contributed by atoms with van der Waals surface area (Å²) in [4.78, 5) is 0. The summed E-state index contributed by atoms with van der Waals surface area (Å²) >= 11 is 0. The molecule has 98 valence electrons. The number of hydrogen-bond acceptors (Lipinski definition) is 3. The first-order valence-electron chi connectivity index (χ1n) is 5.52. The molecule has 0 unspecified atom stereocenters. The van der Waals surface area contributed by atoms with Crippen LogP contribution in [-0.4, -0.2) is 12.7 Å². The quantitative estimate of drug-likeness (QED) is 0.628. The molecule has 0 amide bonds. The number of alkyl halides is 3. The molecule has 6 heteroatoms. The number of anilines is 2. The zero-order valence-electron chi connectivity index (χ0n) is 9.72. The molecule has 3 N–H and O–H groups in total. The number of nitrogens with one attached hydrogen (secondary N) is 1. The Balaban J connectivity index is 2.34. The zero-order valence-corrected chi connectivity index (χ0v) is 9.72. The van der Waals surface area contributed by atoms with Crippen LogP contribution in [0.3, 0.4) is 0 Å². The molecule has 0 aliphatic heterocycles. The highest BCUT2D eigenvalue weighted by Crippen LogP contribution is 2.23. The normalized spacial score (nSPS) is 11.0. The van der Waals surface area contributed by atoms with Crippen molar-refractivity contribution >= 4 is 11.4 Å². The largest absolute Gasteiger partial charge is 0.397 e. The van der Waals surface area contributed by atoms with E-state index in [0.29, 0.717) is 29.9 Å². The number of hydrogen-bond donors (Lipinski definition) is 2. The van der Waals surface area contributed by atoms with Crippen LogP contribution in [0.4, 0.5) is 24.5 Å². The lowest BCUT2D eigenvalue weighted by molar-refractivity contribution is -0.135. The van der Waals surface area contributed by atoms with Crippen LogP contribution in [0.15, 0.2) is 18.2 Å². The second-order valence-corrected chi connectivity index (χ2v) is 3.91. The van der Waals surface area contributed by atoms with Gasteiger partial charge in [0.2, 0.25) is 0 Å². The Bertz CT molecular complexity index is 435. The first kappa shape index (κ1) is 14.2. The molecule has 0 bridgehead atoms. The van der Waals surface area contributed by atoms with Crippen molar-refractivity contribution in [1.82, 2.24) is 0 Å². The van der Waals surface area contributed by atoms with Gasteiger partial charge in [-0.25, -0.2) is 0 Å². The van der Waals surface area contributed by atoms with Crippen molar-refractivity contribution in [2.75, 3.05) is 17.6 Å². The lowest BCUT2D eigenvalue weighted by Gasteiger charge is -2.10. The monoisotopic (exact) mass is 257 g/mol. The van der Waals surface area contributed by atoms with Crippen LogP contribution in [0.1, 0.15) is 24.8 Å². The fourth-order valence-electron chi connectivity index (χ4n) is 1.47. The molecule has 18 heavy (non-hydrogen) atoms. The minimum atomic E-state index is -4.09. The average molecular weight is 257 g/mol. The molecular formula is C12H14F3N3. The third kappa shape index (κ3) is 4.95. The summed E-state index contributed by atoms with van der Waals surface area (Å²) in [5.74, 6) is 0. The van der Waals surface area contributed by atoms with Gasteiger partial charge in [-0.1, -0.05) is 0 Å². The van der Waals surface area contributed by atoms with Crippen LogP contribution in [0.5, 0.6) is 0 Å². The first-order chi connectivity index (χ1) is 8.42. The number of nitrogen functional groups attached to an aromatic ring is 1. The van der Waals surface area contributed by atoms with Crippen LogP contribution in [0, 0.1) is 11.3 Å². The molecule has 0 spiro atoms. The van der Waals surface area contributed by atoms with Crippen molar-refractivity contribution in [2.45, 2.75) is 25.4 Å². The average Bonchev–Trinajstić information content (AvgIpc) is 2.29. The second-order valence-electron chi connectivity index (χ2n) is 3.91. The highest BCUT2D eigenvalue weighted by Gasteiger charge is 2.25. The molecule has 0 aromatic heterocycles. The van der Waals surface area contributed by atoms with Crippen LogP contribution >= 0.6 is 0 Å². The van der Waals surface area contributed by atoms with Crippen molar-refractivity contribution in [2.24, 2.45) is 0 Å². The van der Waals surface area contributed by atoms with Gasteiger partial charge in [0.25, 0.3) is 0 Å². The predicted molar refractivity (Wildman–Crippen MR) is 64.0 cm³/mol. The number of benzene rings is 1. The number of nitriles is 1. The van der Waals surface area contributed by atoms with Crippen molar-refractivity contribution in [3.63, 3.8) is 0 Å². The van der Waals surface area contributed by atoms with Gasteiger partial charge in [-0.2, -0.15) is 18.4 Å². The third-order valence-corrected chi connectivity index (χ3v) is 2.38. The number of halogens is 3. The maximum absolute atomic E-state index is 11.9. The van der Waals surface area contributed by atoms with Gasteiger partial charge >= 0.3 is 6.18 Å².